The minimum atomic E-state index is -3.55. The minimum absolute atomic E-state index is 0.0983. The molecule has 1 heterocycles. The van der Waals surface area contributed by atoms with E-state index in [0.29, 0.717) is 17.1 Å². The molecule has 0 saturated heterocycles. The van der Waals surface area contributed by atoms with E-state index in [1.54, 1.807) is 18.2 Å². The highest BCUT2D eigenvalue weighted by Gasteiger charge is 2.75. The molecular weight excluding hydrogens is 312 g/mol. The first-order valence-electron chi connectivity index (χ1n) is 6.63. The Bertz CT molecular complexity index is 727. The molecule has 0 aromatic heterocycles. The van der Waals surface area contributed by atoms with Gasteiger partial charge in [0.25, 0.3) is 0 Å². The van der Waals surface area contributed by atoms with Gasteiger partial charge in [0.1, 0.15) is 5.41 Å². The fourth-order valence-electron chi connectivity index (χ4n) is 3.34. The lowest BCUT2D eigenvalue weighted by Crippen LogP contribution is -2.28. The molecule has 3 rings (SSSR count). The predicted octanol–water partition coefficient (Wildman–Crippen LogP) is 0.643. The van der Waals surface area contributed by atoms with Crippen LogP contribution in [0.25, 0.3) is 0 Å². The zero-order valence-electron chi connectivity index (χ0n) is 12.1. The van der Waals surface area contributed by atoms with Crippen LogP contribution in [-0.2, 0) is 19.4 Å². The van der Waals surface area contributed by atoms with E-state index in [-0.39, 0.29) is 13.4 Å². The summed E-state index contributed by atoms with van der Waals surface area (Å²) in [6, 6.07) is 4.98. The van der Waals surface area contributed by atoms with E-state index in [2.05, 4.69) is 0 Å². The molecule has 1 saturated carbocycles. The maximum atomic E-state index is 12.0. The van der Waals surface area contributed by atoms with Crippen molar-refractivity contribution in [3.63, 3.8) is 0 Å². The van der Waals surface area contributed by atoms with Crippen LogP contribution in [0, 0.1) is 5.41 Å². The normalized spacial score (nSPS) is 29.4. The van der Waals surface area contributed by atoms with Gasteiger partial charge in [-0.25, -0.2) is 8.42 Å². The molecule has 0 radical (unpaired) electrons. The van der Waals surface area contributed by atoms with Gasteiger partial charge in [0.05, 0.1) is 11.9 Å². The summed E-state index contributed by atoms with van der Waals surface area (Å²) in [6.45, 7) is -0.0692. The van der Waals surface area contributed by atoms with Gasteiger partial charge in [-0.15, -0.1) is 0 Å². The van der Waals surface area contributed by atoms with Crippen LogP contribution in [0.15, 0.2) is 18.2 Å². The molecule has 1 aliphatic heterocycles. The second kappa shape index (κ2) is 4.85. The molecule has 1 N–H and O–H groups in total. The van der Waals surface area contributed by atoms with Crippen LogP contribution >= 0.6 is 0 Å². The summed E-state index contributed by atoms with van der Waals surface area (Å²) in [7, 11) is -2.19. The predicted molar refractivity (Wildman–Crippen MR) is 75.9 cm³/mol. The summed E-state index contributed by atoms with van der Waals surface area (Å²) in [5.41, 5.74) is -0.866. The van der Waals surface area contributed by atoms with Crippen LogP contribution in [0.2, 0.25) is 0 Å². The second-order valence-electron chi connectivity index (χ2n) is 5.62. The summed E-state index contributed by atoms with van der Waals surface area (Å²) < 4.78 is 39.6. The number of methoxy groups -OCH3 is 1. The molecule has 22 heavy (non-hydrogen) atoms. The van der Waals surface area contributed by atoms with Crippen LogP contribution in [0.3, 0.4) is 0 Å². The molecule has 7 nitrogen and oxygen atoms in total. The number of carbonyl (C=O) groups is 1. The topological polar surface area (TPSA) is 99.1 Å². The Morgan fingerprint density at radius 2 is 2.09 bits per heavy atom. The van der Waals surface area contributed by atoms with Gasteiger partial charge < -0.3 is 19.3 Å². The number of benzene rings is 1. The second-order valence-corrected chi connectivity index (χ2v) is 7.79. The molecule has 1 aromatic carbocycles. The van der Waals surface area contributed by atoms with E-state index >= 15 is 0 Å². The first kappa shape index (κ1) is 15.1. The Morgan fingerprint density at radius 3 is 2.68 bits per heavy atom. The molecule has 0 amide bonds. The third-order valence-electron chi connectivity index (χ3n) is 4.25. The number of carboxylic acids is 1. The molecule has 8 heteroatoms. The molecule has 120 valence electrons. The van der Waals surface area contributed by atoms with Crippen LogP contribution in [0.4, 0.5) is 0 Å². The van der Waals surface area contributed by atoms with Crippen molar-refractivity contribution in [1.29, 1.82) is 0 Å². The standard InChI is InChI=1S/C14H16O7S/c1-19-6-14(13(15)16)11(12(14)22(2,17)18)8-3-4-9-10(5-8)21-7-20-9/h3-5,11-12H,6-7H2,1-2H3,(H,15,16)/t11-,12+,14+/m1/s1. The third kappa shape index (κ3) is 2.05. The number of carboxylic acid groups (broad SMARTS) is 1. The van der Waals surface area contributed by atoms with Gasteiger partial charge in [0.15, 0.2) is 21.3 Å². The Kier molecular flexibility index (Phi) is 3.33. The van der Waals surface area contributed by atoms with E-state index in [0.717, 1.165) is 6.26 Å². The van der Waals surface area contributed by atoms with Crippen molar-refractivity contribution in [2.45, 2.75) is 11.2 Å². The largest absolute Gasteiger partial charge is 0.481 e. The monoisotopic (exact) mass is 328 g/mol. The highest BCUT2D eigenvalue weighted by molar-refractivity contribution is 7.91. The van der Waals surface area contributed by atoms with Crippen LogP contribution in [0.5, 0.6) is 11.5 Å². The number of sulfone groups is 1. The number of aliphatic carboxylic acids is 1. The van der Waals surface area contributed by atoms with Crippen molar-refractivity contribution in [3.8, 4) is 11.5 Å². The molecule has 0 spiro atoms. The smallest absolute Gasteiger partial charge is 0.314 e. The maximum Gasteiger partial charge on any atom is 0.314 e. The lowest BCUT2D eigenvalue weighted by atomic mass is 9.99. The third-order valence-corrected chi connectivity index (χ3v) is 5.87. The average molecular weight is 328 g/mol. The summed E-state index contributed by atoms with van der Waals surface area (Å²) in [4.78, 5) is 11.7. The van der Waals surface area contributed by atoms with Crippen LogP contribution in [-0.4, -0.2) is 51.5 Å². The van der Waals surface area contributed by atoms with Crippen molar-refractivity contribution >= 4 is 15.8 Å². The van der Waals surface area contributed by atoms with Crippen molar-refractivity contribution in [1.82, 2.24) is 0 Å². The zero-order chi connectivity index (χ0) is 16.1. The SMILES string of the molecule is COC[C@]1(C(=O)O)[C@H](c2ccc3c(c2)OCO3)[C@@H]1S(C)(=O)=O. The van der Waals surface area contributed by atoms with E-state index in [4.69, 9.17) is 14.2 Å². The molecule has 1 aliphatic carbocycles. The van der Waals surface area contributed by atoms with Gasteiger partial charge in [0.2, 0.25) is 6.79 Å². The summed E-state index contributed by atoms with van der Waals surface area (Å²) in [5, 5.41) is 8.58. The Morgan fingerprint density at radius 1 is 1.41 bits per heavy atom. The molecule has 3 atom stereocenters. The molecule has 2 aliphatic rings. The highest BCUT2D eigenvalue weighted by atomic mass is 32.2. The fourth-order valence-corrected chi connectivity index (χ4v) is 5.24. The average Bonchev–Trinajstić information content (AvgIpc) is 2.91. The maximum absolute atomic E-state index is 12.0. The van der Waals surface area contributed by atoms with Gasteiger partial charge in [-0.1, -0.05) is 6.07 Å². The van der Waals surface area contributed by atoms with E-state index in [1.165, 1.54) is 7.11 Å². The van der Waals surface area contributed by atoms with Gasteiger partial charge in [-0.05, 0) is 17.7 Å². The zero-order valence-corrected chi connectivity index (χ0v) is 12.9. The summed E-state index contributed by atoms with van der Waals surface area (Å²) in [5.74, 6) is -0.789. The lowest BCUT2D eigenvalue weighted by molar-refractivity contribution is -0.145. The number of ether oxygens (including phenoxy) is 3. The minimum Gasteiger partial charge on any atom is -0.481 e. The summed E-state index contributed by atoms with van der Waals surface area (Å²) in [6.07, 6.45) is 1.05. The molecule has 1 fully saturated rings. The van der Waals surface area contributed by atoms with E-state index in [9.17, 15) is 18.3 Å². The number of rotatable bonds is 5. The number of fused-ring (bicyclic) bond motifs is 1. The van der Waals surface area contributed by atoms with Gasteiger partial charge in [0, 0.05) is 19.3 Å². The van der Waals surface area contributed by atoms with Crippen molar-refractivity contribution < 1.29 is 32.5 Å². The van der Waals surface area contributed by atoms with Gasteiger partial charge in [-0.3, -0.25) is 4.79 Å². The molecule has 0 bridgehead atoms. The Labute approximate surface area is 127 Å². The molecule has 0 unspecified atom stereocenters. The highest BCUT2D eigenvalue weighted by Crippen LogP contribution is 2.63. The first-order valence-corrected chi connectivity index (χ1v) is 8.58. The summed E-state index contributed by atoms with van der Waals surface area (Å²) >= 11 is 0. The number of hydrogen-bond donors (Lipinski definition) is 1. The Hall–Kier alpha value is -1.80. The Balaban J connectivity index is 2.06. The van der Waals surface area contributed by atoms with Gasteiger partial charge in [-0.2, -0.15) is 0 Å². The first-order chi connectivity index (χ1) is 10.3. The van der Waals surface area contributed by atoms with E-state index < -0.39 is 32.4 Å². The van der Waals surface area contributed by atoms with Crippen LogP contribution < -0.4 is 9.47 Å². The van der Waals surface area contributed by atoms with Crippen molar-refractivity contribution in [3.05, 3.63) is 23.8 Å². The molecule has 1 aromatic rings. The quantitative estimate of drug-likeness (QED) is 0.847. The van der Waals surface area contributed by atoms with Crippen molar-refractivity contribution in [2.24, 2.45) is 5.41 Å². The van der Waals surface area contributed by atoms with Gasteiger partial charge >= 0.3 is 5.97 Å². The van der Waals surface area contributed by atoms with E-state index in [1.807, 2.05) is 0 Å². The van der Waals surface area contributed by atoms with Crippen molar-refractivity contribution in [2.75, 3.05) is 26.8 Å². The lowest BCUT2D eigenvalue weighted by Gasteiger charge is -2.11. The van der Waals surface area contributed by atoms with Crippen LogP contribution in [0.1, 0.15) is 11.5 Å². The molecular formula is C14H16O7S. The fraction of sp³-hybridized carbons (Fsp3) is 0.500. The number of hydrogen-bond acceptors (Lipinski definition) is 6.